The van der Waals surface area contributed by atoms with Crippen molar-refractivity contribution in [1.29, 1.82) is 0 Å². The summed E-state index contributed by atoms with van der Waals surface area (Å²) in [6.07, 6.45) is 9.94. The lowest BCUT2D eigenvalue weighted by molar-refractivity contribution is -0.143. The number of halogens is 1. The third kappa shape index (κ3) is 7.03. The van der Waals surface area contributed by atoms with Crippen LogP contribution in [0.4, 0.5) is 4.39 Å². The lowest BCUT2D eigenvalue weighted by Gasteiger charge is -2.37. The summed E-state index contributed by atoms with van der Waals surface area (Å²) in [6, 6.07) is 6.28. The minimum Gasteiger partial charge on any atom is -0.451 e. The summed E-state index contributed by atoms with van der Waals surface area (Å²) in [5, 5.41) is 0.588. The molecule has 3 fully saturated rings. The molecule has 0 radical (unpaired) electrons. The first-order valence-electron chi connectivity index (χ1n) is 16.1. The number of fused-ring (bicyclic) bond motifs is 1. The molecule has 0 unspecified atom stereocenters. The number of likely N-dealkylation sites (tertiary alicyclic amines) is 1. The minimum absolute atomic E-state index is 0.0203. The van der Waals surface area contributed by atoms with E-state index in [1.807, 2.05) is 16.5 Å². The van der Waals surface area contributed by atoms with E-state index >= 15 is 0 Å². The molecule has 1 aliphatic heterocycles. The van der Waals surface area contributed by atoms with Gasteiger partial charge in [-0.25, -0.2) is 4.72 Å². The predicted octanol–water partition coefficient (Wildman–Crippen LogP) is 5.29. The quantitative estimate of drug-likeness (QED) is 0.381. The third-order valence-corrected chi connectivity index (χ3v) is 11.8. The van der Waals surface area contributed by atoms with Gasteiger partial charge in [0.1, 0.15) is 5.58 Å². The first-order chi connectivity index (χ1) is 21.0. The molecule has 2 saturated carbocycles. The average molecular weight is 632 g/mol. The molecule has 2 heterocycles. The maximum atomic E-state index is 14.1. The zero-order valence-corrected chi connectivity index (χ0v) is 26.9. The molecule has 1 aromatic heterocycles. The molecule has 2 amide bonds. The van der Waals surface area contributed by atoms with Crippen LogP contribution in [0.15, 0.2) is 28.7 Å². The van der Waals surface area contributed by atoms with Gasteiger partial charge in [-0.05, 0) is 79.5 Å². The normalized spacial score (nSPS) is 25.8. The Labute approximate surface area is 260 Å². The van der Waals surface area contributed by atoms with E-state index in [0.29, 0.717) is 29.3 Å². The molecule has 0 spiro atoms. The van der Waals surface area contributed by atoms with E-state index in [1.165, 1.54) is 26.6 Å². The molecule has 3 atom stereocenters. The maximum Gasteiger partial charge on any atom is 0.303 e. The van der Waals surface area contributed by atoms with Crippen LogP contribution in [0.5, 0.6) is 0 Å². The number of carbonyl (C=O) groups excluding carboxylic acids is 3. The number of hydrogen-bond acceptors (Lipinski definition) is 6. The molecule has 3 aliphatic rings. The molecule has 0 bridgehead atoms. The van der Waals surface area contributed by atoms with E-state index in [9.17, 15) is 27.2 Å². The van der Waals surface area contributed by atoms with Crippen molar-refractivity contribution in [1.82, 2.24) is 13.9 Å². The zero-order valence-electron chi connectivity index (χ0n) is 26.1. The van der Waals surface area contributed by atoms with E-state index in [4.69, 9.17) is 4.42 Å². The van der Waals surface area contributed by atoms with Crippen LogP contribution in [0.3, 0.4) is 0 Å². The molecular formula is C33H46FN3O6S. The standard InChI is InChI=1S/C33H46FN3O6S/c1-21(20-34)23-10-12-25(13-11-23)33(40)37-16-15-27(24-7-5-4-6-8-24)31(37)28(38)18-22-9-14-29-26(17-22)19-30(43-29)32(39)35-44(41,42)36(2)3/h9,14,17,19,21,23-25,27,31H,4-8,10-13,15-16,18,20H2,1-3H3,(H,35,39)/t21-,23?,25?,27+,31+/m1/s1. The topological polar surface area (TPSA) is 117 Å². The number of nitrogens with zero attached hydrogens (tertiary/aromatic N) is 2. The third-order valence-electron chi connectivity index (χ3n) is 10.4. The van der Waals surface area contributed by atoms with Crippen molar-refractivity contribution in [3.05, 3.63) is 35.6 Å². The Balaban J connectivity index is 1.32. The Hall–Kier alpha value is -2.79. The predicted molar refractivity (Wildman–Crippen MR) is 166 cm³/mol. The Morgan fingerprint density at radius 1 is 1.02 bits per heavy atom. The first kappa shape index (κ1) is 32.6. The summed E-state index contributed by atoms with van der Waals surface area (Å²) < 4.78 is 45.9. The van der Waals surface area contributed by atoms with Gasteiger partial charge in [-0.1, -0.05) is 45.1 Å². The lowest BCUT2D eigenvalue weighted by Crippen LogP contribution is -2.48. The van der Waals surface area contributed by atoms with Crippen LogP contribution >= 0.6 is 0 Å². The van der Waals surface area contributed by atoms with Gasteiger partial charge in [-0.3, -0.25) is 18.8 Å². The van der Waals surface area contributed by atoms with Crippen LogP contribution in [0.2, 0.25) is 0 Å². The van der Waals surface area contributed by atoms with Gasteiger partial charge in [-0.2, -0.15) is 12.7 Å². The van der Waals surface area contributed by atoms with Crippen molar-refractivity contribution >= 4 is 38.8 Å². The number of alkyl halides is 1. The lowest BCUT2D eigenvalue weighted by atomic mass is 9.74. The molecular weight excluding hydrogens is 585 g/mol. The number of furan rings is 1. The first-order valence-corrected chi connectivity index (χ1v) is 17.6. The number of nitrogens with one attached hydrogen (secondary N) is 1. The molecule has 1 N–H and O–H groups in total. The Morgan fingerprint density at radius 2 is 1.73 bits per heavy atom. The van der Waals surface area contributed by atoms with Crippen molar-refractivity contribution in [2.75, 3.05) is 27.3 Å². The highest BCUT2D eigenvalue weighted by Crippen LogP contribution is 2.42. The van der Waals surface area contributed by atoms with E-state index in [0.717, 1.165) is 67.7 Å². The minimum atomic E-state index is -3.98. The van der Waals surface area contributed by atoms with Crippen molar-refractivity contribution in [2.45, 2.75) is 83.6 Å². The van der Waals surface area contributed by atoms with Gasteiger partial charge >= 0.3 is 16.1 Å². The smallest absolute Gasteiger partial charge is 0.303 e. The number of carbonyl (C=O) groups is 3. The molecule has 2 aromatic rings. The molecule has 242 valence electrons. The van der Waals surface area contributed by atoms with Crippen molar-refractivity contribution in [3.63, 3.8) is 0 Å². The fraction of sp³-hybridized carbons (Fsp3) is 0.667. The second-order valence-electron chi connectivity index (χ2n) is 13.4. The fourth-order valence-electron chi connectivity index (χ4n) is 7.71. The maximum absolute atomic E-state index is 14.1. The second kappa shape index (κ2) is 13.7. The molecule has 1 aromatic carbocycles. The highest BCUT2D eigenvalue weighted by atomic mass is 32.2. The Morgan fingerprint density at radius 3 is 2.39 bits per heavy atom. The summed E-state index contributed by atoms with van der Waals surface area (Å²) in [5.41, 5.74) is 1.16. The number of hydrogen-bond donors (Lipinski definition) is 1. The number of rotatable bonds is 10. The number of ketones is 1. The highest BCUT2D eigenvalue weighted by molar-refractivity contribution is 7.87. The number of amides is 2. The van der Waals surface area contributed by atoms with Crippen LogP contribution in [0.25, 0.3) is 11.0 Å². The van der Waals surface area contributed by atoms with Gasteiger partial charge < -0.3 is 9.32 Å². The Kier molecular flexibility index (Phi) is 10.1. The highest BCUT2D eigenvalue weighted by Gasteiger charge is 2.46. The van der Waals surface area contributed by atoms with Crippen LogP contribution in [-0.2, 0) is 26.2 Å². The summed E-state index contributed by atoms with van der Waals surface area (Å²) in [4.78, 5) is 42.5. The summed E-state index contributed by atoms with van der Waals surface area (Å²) >= 11 is 0. The summed E-state index contributed by atoms with van der Waals surface area (Å²) in [6.45, 7) is 2.22. The van der Waals surface area contributed by atoms with Gasteiger partial charge in [0.2, 0.25) is 5.91 Å². The zero-order chi connectivity index (χ0) is 31.6. The van der Waals surface area contributed by atoms with Gasteiger partial charge in [0.25, 0.3) is 0 Å². The molecule has 11 heteroatoms. The average Bonchev–Trinajstić information content (AvgIpc) is 3.65. The van der Waals surface area contributed by atoms with E-state index < -0.39 is 22.2 Å². The van der Waals surface area contributed by atoms with E-state index in [2.05, 4.69) is 0 Å². The second-order valence-corrected chi connectivity index (χ2v) is 15.3. The van der Waals surface area contributed by atoms with Gasteiger partial charge in [-0.15, -0.1) is 0 Å². The monoisotopic (exact) mass is 631 g/mol. The molecule has 2 aliphatic carbocycles. The summed E-state index contributed by atoms with van der Waals surface area (Å²) in [7, 11) is -1.35. The van der Waals surface area contributed by atoms with E-state index in [1.54, 1.807) is 18.2 Å². The SMILES string of the molecule is C[C@H](CF)C1CCC(C(=O)N2CC[C@@H](C3CCCCC3)[C@H]2C(=O)Cc2ccc3oc(C(=O)NS(=O)(=O)N(C)C)cc3c2)CC1. The van der Waals surface area contributed by atoms with Gasteiger partial charge in [0, 0.05) is 38.4 Å². The van der Waals surface area contributed by atoms with Crippen LogP contribution < -0.4 is 4.72 Å². The van der Waals surface area contributed by atoms with E-state index in [-0.39, 0.29) is 48.3 Å². The largest absolute Gasteiger partial charge is 0.451 e. The fourth-order valence-corrected chi connectivity index (χ4v) is 8.22. The molecule has 1 saturated heterocycles. The molecule has 9 nitrogen and oxygen atoms in total. The van der Waals surface area contributed by atoms with Crippen LogP contribution in [0, 0.1) is 29.6 Å². The van der Waals surface area contributed by atoms with Crippen molar-refractivity contribution in [3.8, 4) is 0 Å². The van der Waals surface area contributed by atoms with Crippen molar-refractivity contribution in [2.24, 2.45) is 29.6 Å². The summed E-state index contributed by atoms with van der Waals surface area (Å²) in [5.74, 6) is -0.0875. The molecule has 44 heavy (non-hydrogen) atoms. The van der Waals surface area contributed by atoms with Crippen LogP contribution in [0.1, 0.15) is 87.3 Å². The van der Waals surface area contributed by atoms with Gasteiger partial charge in [0.15, 0.2) is 11.5 Å². The Bertz CT molecular complexity index is 1460. The van der Waals surface area contributed by atoms with Gasteiger partial charge in [0.05, 0.1) is 12.7 Å². The van der Waals surface area contributed by atoms with Crippen LogP contribution in [-0.4, -0.2) is 68.6 Å². The number of Topliss-reactive ketones (excluding diaryl/α,β-unsaturated/α-hetero) is 1. The van der Waals surface area contributed by atoms with Crippen molar-refractivity contribution < 1.29 is 31.6 Å². The molecule has 5 rings (SSSR count). The number of benzene rings is 1.